The summed E-state index contributed by atoms with van der Waals surface area (Å²) in [6.45, 7) is 5.09. The van der Waals surface area contributed by atoms with Crippen molar-refractivity contribution in [2.75, 3.05) is 13.2 Å². The maximum absolute atomic E-state index is 8.78. The van der Waals surface area contributed by atoms with Gasteiger partial charge >= 0.3 is 0 Å². The lowest BCUT2D eigenvalue weighted by Gasteiger charge is -2.27. The van der Waals surface area contributed by atoms with Crippen LogP contribution in [-0.2, 0) is 6.42 Å². The first-order chi connectivity index (χ1) is 9.69. The number of hydrogen-bond donors (Lipinski definition) is 1. The van der Waals surface area contributed by atoms with Crippen LogP contribution in [0.4, 0.5) is 0 Å². The van der Waals surface area contributed by atoms with Gasteiger partial charge in [0, 0.05) is 18.2 Å². The first-order valence-electron chi connectivity index (χ1n) is 6.61. The Bertz CT molecular complexity index is 564. The third kappa shape index (κ3) is 3.07. The van der Waals surface area contributed by atoms with Crippen LogP contribution in [0.2, 0.25) is 0 Å². The second kappa shape index (κ2) is 6.67. The summed E-state index contributed by atoms with van der Waals surface area (Å²) >= 11 is 3.59. The molecule has 0 saturated carbocycles. The number of benzene rings is 1. The van der Waals surface area contributed by atoms with E-state index in [2.05, 4.69) is 27.3 Å². The number of nitrogens with zero attached hydrogens (tertiary/aromatic N) is 1. The number of nitriles is 1. The number of ether oxygens (including phenoxy) is 2. The van der Waals surface area contributed by atoms with Crippen molar-refractivity contribution in [2.24, 2.45) is 0 Å². The Balaban J connectivity index is 2.43. The molecule has 20 heavy (non-hydrogen) atoms. The molecule has 1 aromatic carbocycles. The van der Waals surface area contributed by atoms with E-state index in [-0.39, 0.29) is 4.95 Å². The molecule has 1 aliphatic heterocycles. The lowest BCUT2D eigenvalue weighted by atomic mass is 9.97. The number of alkyl halides is 1. The maximum Gasteiger partial charge on any atom is 0.161 e. The molecule has 1 unspecified atom stereocenters. The van der Waals surface area contributed by atoms with Crippen LogP contribution in [-0.4, -0.2) is 13.2 Å². The smallest absolute Gasteiger partial charge is 0.161 e. The number of allylic oxidation sites excluding steroid dienone is 2. The van der Waals surface area contributed by atoms with Crippen LogP contribution in [0.1, 0.15) is 29.9 Å². The molecule has 0 aromatic heterocycles. The van der Waals surface area contributed by atoms with Crippen LogP contribution in [0, 0.1) is 11.3 Å². The van der Waals surface area contributed by atoms with Gasteiger partial charge in [-0.15, -0.1) is 0 Å². The molecule has 0 radical (unpaired) electrons. The Labute approximate surface area is 127 Å². The normalized spacial score (nSPS) is 18.9. The minimum Gasteiger partial charge on any atom is -0.490 e. The van der Waals surface area contributed by atoms with E-state index in [1.54, 1.807) is 0 Å². The van der Waals surface area contributed by atoms with Gasteiger partial charge in [0.15, 0.2) is 11.5 Å². The monoisotopic (exact) mass is 336 g/mol. The molecule has 0 aliphatic carbocycles. The van der Waals surface area contributed by atoms with Crippen LogP contribution in [0.3, 0.4) is 0 Å². The molecule has 1 heterocycles. The molecule has 0 saturated heterocycles. The van der Waals surface area contributed by atoms with Crippen LogP contribution < -0.4 is 14.8 Å². The summed E-state index contributed by atoms with van der Waals surface area (Å²) in [6, 6.07) is 6.06. The van der Waals surface area contributed by atoms with Gasteiger partial charge in [-0.25, -0.2) is 0 Å². The second-order valence-electron chi connectivity index (χ2n) is 4.35. The van der Waals surface area contributed by atoms with Gasteiger partial charge < -0.3 is 14.8 Å². The molecule has 1 aliphatic rings. The number of nitrogens with one attached hydrogen (secondary N) is 1. The van der Waals surface area contributed by atoms with Gasteiger partial charge in [-0.05, 0) is 37.1 Å². The Kier molecular flexibility index (Phi) is 4.91. The van der Waals surface area contributed by atoms with E-state index < -0.39 is 0 Å². The van der Waals surface area contributed by atoms with Crippen LogP contribution in [0.25, 0.3) is 0 Å². The minimum atomic E-state index is -0.0271. The molecule has 106 valence electrons. The van der Waals surface area contributed by atoms with Crippen molar-refractivity contribution in [3.63, 3.8) is 0 Å². The van der Waals surface area contributed by atoms with Gasteiger partial charge in [0.2, 0.25) is 0 Å². The van der Waals surface area contributed by atoms with E-state index >= 15 is 0 Å². The van der Waals surface area contributed by atoms with Gasteiger partial charge in [-0.2, -0.15) is 5.26 Å². The van der Waals surface area contributed by atoms with E-state index in [0.29, 0.717) is 19.6 Å². The second-order valence-corrected chi connectivity index (χ2v) is 5.26. The molecule has 0 spiro atoms. The first-order valence-corrected chi connectivity index (χ1v) is 7.52. The summed E-state index contributed by atoms with van der Waals surface area (Å²) in [5, 5.41) is 12.0. The zero-order valence-corrected chi connectivity index (χ0v) is 13.2. The Morgan fingerprint density at radius 2 is 2.00 bits per heavy atom. The largest absolute Gasteiger partial charge is 0.490 e. The fourth-order valence-electron chi connectivity index (χ4n) is 2.21. The van der Waals surface area contributed by atoms with E-state index in [4.69, 9.17) is 14.7 Å². The summed E-state index contributed by atoms with van der Waals surface area (Å²) in [5.41, 5.74) is 3.15. The minimum absolute atomic E-state index is 0.0271. The zero-order chi connectivity index (χ0) is 14.5. The maximum atomic E-state index is 8.78. The van der Waals surface area contributed by atoms with Gasteiger partial charge in [0.05, 0.1) is 19.3 Å². The third-order valence-corrected chi connectivity index (χ3v) is 3.73. The molecular formula is C15H17BrN2O2. The molecular weight excluding hydrogens is 320 g/mol. The van der Waals surface area contributed by atoms with Crippen molar-refractivity contribution in [3.8, 4) is 17.6 Å². The summed E-state index contributed by atoms with van der Waals surface area (Å²) < 4.78 is 11.3. The van der Waals surface area contributed by atoms with E-state index in [0.717, 1.165) is 28.3 Å². The van der Waals surface area contributed by atoms with Crippen LogP contribution in [0.5, 0.6) is 11.5 Å². The Morgan fingerprint density at radius 3 is 2.60 bits per heavy atom. The number of hydrogen-bond acceptors (Lipinski definition) is 4. The third-order valence-electron chi connectivity index (χ3n) is 3.01. The van der Waals surface area contributed by atoms with Gasteiger partial charge in [-0.3, -0.25) is 0 Å². The molecule has 4 nitrogen and oxygen atoms in total. The fourth-order valence-corrected chi connectivity index (χ4v) is 2.93. The van der Waals surface area contributed by atoms with Crippen molar-refractivity contribution < 1.29 is 9.47 Å². The number of halogens is 1. The fraction of sp³-hybridized carbons (Fsp3) is 0.400. The summed E-state index contributed by atoms with van der Waals surface area (Å²) in [4.78, 5) is -0.0271. The molecule has 0 bridgehead atoms. The molecule has 5 heteroatoms. The van der Waals surface area contributed by atoms with Crippen LogP contribution >= 0.6 is 15.9 Å². The van der Waals surface area contributed by atoms with Gasteiger partial charge in [-0.1, -0.05) is 15.9 Å². The highest BCUT2D eigenvalue weighted by Gasteiger charge is 2.23. The standard InChI is InChI=1S/C15H17BrN2O2/c1-3-19-13-8-10-7-11(5-6-17)18-15(16)12(10)9-14(13)20-4-2/h5,8-9,15,18H,3-4,7H2,1-2H3. The average Bonchev–Trinajstić information content (AvgIpc) is 2.41. The molecule has 1 aromatic rings. The number of fused-ring (bicyclic) bond motifs is 1. The van der Waals surface area contributed by atoms with E-state index in [1.807, 2.05) is 26.0 Å². The summed E-state index contributed by atoms with van der Waals surface area (Å²) in [6.07, 6.45) is 2.23. The Hall–Kier alpha value is -1.67. The first kappa shape index (κ1) is 14.7. The highest BCUT2D eigenvalue weighted by Crippen LogP contribution is 2.39. The van der Waals surface area contributed by atoms with Crippen molar-refractivity contribution in [2.45, 2.75) is 25.2 Å². The van der Waals surface area contributed by atoms with E-state index in [1.165, 1.54) is 6.08 Å². The van der Waals surface area contributed by atoms with Crippen molar-refractivity contribution in [3.05, 3.63) is 35.0 Å². The van der Waals surface area contributed by atoms with Gasteiger partial charge in [0.1, 0.15) is 4.95 Å². The van der Waals surface area contributed by atoms with Crippen molar-refractivity contribution in [1.29, 1.82) is 5.26 Å². The average molecular weight is 337 g/mol. The summed E-state index contributed by atoms with van der Waals surface area (Å²) in [5.74, 6) is 1.51. The topological polar surface area (TPSA) is 54.3 Å². The molecule has 2 rings (SSSR count). The highest BCUT2D eigenvalue weighted by atomic mass is 79.9. The highest BCUT2D eigenvalue weighted by molar-refractivity contribution is 9.09. The quantitative estimate of drug-likeness (QED) is 0.520. The summed E-state index contributed by atoms with van der Waals surface area (Å²) in [7, 11) is 0. The SMILES string of the molecule is CCOc1cc2c(cc1OCC)C(Br)NC(=CC#N)C2. The molecule has 1 N–H and O–H groups in total. The lowest BCUT2D eigenvalue weighted by molar-refractivity contribution is 0.287. The Morgan fingerprint density at radius 1 is 1.35 bits per heavy atom. The predicted molar refractivity (Wildman–Crippen MR) is 81.0 cm³/mol. The number of rotatable bonds is 4. The molecule has 0 fully saturated rings. The van der Waals surface area contributed by atoms with Crippen molar-refractivity contribution >= 4 is 15.9 Å². The predicted octanol–water partition coefficient (Wildman–Crippen LogP) is 3.43. The van der Waals surface area contributed by atoms with E-state index in [9.17, 15) is 0 Å². The van der Waals surface area contributed by atoms with Crippen LogP contribution in [0.15, 0.2) is 23.9 Å². The van der Waals surface area contributed by atoms with Crippen molar-refractivity contribution in [1.82, 2.24) is 5.32 Å². The lowest BCUT2D eigenvalue weighted by Crippen LogP contribution is -2.24. The zero-order valence-electron chi connectivity index (χ0n) is 11.6. The molecule has 0 amide bonds. The van der Waals surface area contributed by atoms with Gasteiger partial charge in [0.25, 0.3) is 0 Å². The molecule has 1 atom stereocenters.